The van der Waals surface area contributed by atoms with Crippen molar-refractivity contribution in [2.75, 3.05) is 18.6 Å². The summed E-state index contributed by atoms with van der Waals surface area (Å²) in [5, 5.41) is 13.8. The van der Waals surface area contributed by atoms with Crippen LogP contribution in [0.25, 0.3) is 0 Å². The third-order valence-electron chi connectivity index (χ3n) is 3.33. The number of rotatable bonds is 8. The molecule has 0 saturated heterocycles. The molecule has 1 N–H and O–H groups in total. The lowest BCUT2D eigenvalue weighted by atomic mass is 10.1. The minimum atomic E-state index is -0.552. The lowest BCUT2D eigenvalue weighted by Gasteiger charge is -2.07. The molecule has 25 heavy (non-hydrogen) atoms. The number of hydrogen-bond donors (Lipinski definition) is 1. The van der Waals surface area contributed by atoms with Crippen molar-refractivity contribution in [2.24, 2.45) is 0 Å². The predicted octanol–water partition coefficient (Wildman–Crippen LogP) is 4.37. The molecule has 1 amide bonds. The fraction of sp³-hybridized carbons (Fsp3) is 0.235. The molecule has 0 heterocycles. The van der Waals surface area contributed by atoms with Crippen LogP contribution in [0.4, 0.5) is 10.1 Å². The molecule has 0 aromatic heterocycles. The molecule has 132 valence electrons. The summed E-state index contributed by atoms with van der Waals surface area (Å²) >= 11 is 2.98. The van der Waals surface area contributed by atoms with Crippen LogP contribution in [0.5, 0.6) is 0 Å². The number of halogens is 1. The van der Waals surface area contributed by atoms with E-state index >= 15 is 0 Å². The molecule has 0 aliphatic carbocycles. The Kier molecular flexibility index (Phi) is 7.27. The number of carbonyl (C=O) groups excluding carboxylic acids is 1. The Morgan fingerprint density at radius 1 is 1.20 bits per heavy atom. The summed E-state index contributed by atoms with van der Waals surface area (Å²) in [5.41, 5.74) is -0.126. The normalized spacial score (nSPS) is 10.5. The second-order valence-electron chi connectivity index (χ2n) is 5.05. The summed E-state index contributed by atoms with van der Waals surface area (Å²) in [7, 11) is 0. The summed E-state index contributed by atoms with van der Waals surface area (Å²) in [6.45, 7) is 0.410. The van der Waals surface area contributed by atoms with Gasteiger partial charge in [-0.3, -0.25) is 14.9 Å². The number of nitro benzene ring substituents is 1. The van der Waals surface area contributed by atoms with Gasteiger partial charge in [-0.15, -0.1) is 23.5 Å². The Labute approximate surface area is 153 Å². The van der Waals surface area contributed by atoms with Crippen molar-refractivity contribution in [3.8, 4) is 0 Å². The van der Waals surface area contributed by atoms with Gasteiger partial charge in [-0.1, -0.05) is 0 Å². The second kappa shape index (κ2) is 9.43. The first-order valence-electron chi connectivity index (χ1n) is 7.50. The smallest absolute Gasteiger partial charge is 0.282 e. The van der Waals surface area contributed by atoms with E-state index in [0.717, 1.165) is 15.5 Å². The first-order chi connectivity index (χ1) is 12.0. The van der Waals surface area contributed by atoms with Gasteiger partial charge in [0.15, 0.2) is 0 Å². The standard InChI is InChI=1S/C17H17FN2O3S2/c1-24-14-7-8-16(20(22)23)15(11-14)17(21)19-9-2-10-25-13-5-3-12(18)4-6-13/h3-8,11H,2,9-10H2,1H3,(H,19,21). The van der Waals surface area contributed by atoms with Gasteiger partial charge in [0.1, 0.15) is 11.4 Å². The van der Waals surface area contributed by atoms with E-state index in [2.05, 4.69) is 5.32 Å². The number of benzene rings is 2. The Morgan fingerprint density at radius 2 is 1.88 bits per heavy atom. The highest BCUT2D eigenvalue weighted by Gasteiger charge is 2.20. The van der Waals surface area contributed by atoms with Crippen LogP contribution in [0.3, 0.4) is 0 Å². The van der Waals surface area contributed by atoms with E-state index in [1.54, 1.807) is 30.0 Å². The lowest BCUT2D eigenvalue weighted by Crippen LogP contribution is -2.25. The van der Waals surface area contributed by atoms with Gasteiger partial charge in [-0.2, -0.15) is 0 Å². The Balaban J connectivity index is 1.85. The Morgan fingerprint density at radius 3 is 2.52 bits per heavy atom. The van der Waals surface area contributed by atoms with Gasteiger partial charge < -0.3 is 5.32 Å². The molecule has 0 bridgehead atoms. The van der Waals surface area contributed by atoms with Crippen LogP contribution in [0.15, 0.2) is 52.3 Å². The van der Waals surface area contributed by atoms with Gasteiger partial charge in [0, 0.05) is 22.4 Å². The van der Waals surface area contributed by atoms with E-state index in [1.165, 1.54) is 36.0 Å². The molecule has 0 aliphatic rings. The van der Waals surface area contributed by atoms with E-state index in [9.17, 15) is 19.3 Å². The second-order valence-corrected chi connectivity index (χ2v) is 7.10. The van der Waals surface area contributed by atoms with Crippen LogP contribution < -0.4 is 5.32 Å². The SMILES string of the molecule is CSc1ccc([N+](=O)[O-])c(C(=O)NCCCSc2ccc(F)cc2)c1. The maximum atomic E-state index is 12.8. The Bertz CT molecular complexity index is 754. The number of nitrogens with zero attached hydrogens (tertiary/aromatic N) is 1. The molecule has 2 aromatic rings. The fourth-order valence-electron chi connectivity index (χ4n) is 2.07. The zero-order valence-corrected chi connectivity index (χ0v) is 15.2. The van der Waals surface area contributed by atoms with Gasteiger partial charge >= 0.3 is 0 Å². The van der Waals surface area contributed by atoms with Crippen molar-refractivity contribution >= 4 is 35.1 Å². The highest BCUT2D eigenvalue weighted by molar-refractivity contribution is 7.99. The molecule has 0 atom stereocenters. The van der Waals surface area contributed by atoms with Crippen LogP contribution in [-0.4, -0.2) is 29.4 Å². The number of amides is 1. The third-order valence-corrected chi connectivity index (χ3v) is 5.16. The molecular weight excluding hydrogens is 363 g/mol. The van der Waals surface area contributed by atoms with Gasteiger partial charge in [-0.05, 0) is 54.8 Å². The van der Waals surface area contributed by atoms with Crippen LogP contribution in [0.1, 0.15) is 16.8 Å². The molecule has 0 aliphatic heterocycles. The molecular formula is C17H17FN2O3S2. The zero-order chi connectivity index (χ0) is 18.2. The van der Waals surface area contributed by atoms with Gasteiger partial charge in [0.25, 0.3) is 11.6 Å². The maximum absolute atomic E-state index is 12.8. The highest BCUT2D eigenvalue weighted by atomic mass is 32.2. The van der Waals surface area contributed by atoms with E-state index in [4.69, 9.17) is 0 Å². The topological polar surface area (TPSA) is 72.2 Å². The first-order valence-corrected chi connectivity index (χ1v) is 9.71. The largest absolute Gasteiger partial charge is 0.352 e. The predicted molar refractivity (Wildman–Crippen MR) is 99.0 cm³/mol. The van der Waals surface area contributed by atoms with E-state index in [-0.39, 0.29) is 17.1 Å². The molecule has 0 spiro atoms. The number of nitro groups is 1. The minimum absolute atomic E-state index is 0.0723. The average Bonchev–Trinajstić information content (AvgIpc) is 2.62. The van der Waals surface area contributed by atoms with Crippen LogP contribution in [0, 0.1) is 15.9 Å². The number of carbonyl (C=O) groups is 1. The zero-order valence-electron chi connectivity index (χ0n) is 13.5. The molecule has 5 nitrogen and oxygen atoms in total. The first kappa shape index (κ1) is 19.3. The van der Waals surface area contributed by atoms with E-state index in [1.807, 2.05) is 6.26 Å². The van der Waals surface area contributed by atoms with Crippen molar-refractivity contribution < 1.29 is 14.1 Å². The van der Waals surface area contributed by atoms with Gasteiger partial charge in [0.05, 0.1) is 4.92 Å². The molecule has 2 aromatic carbocycles. The minimum Gasteiger partial charge on any atom is -0.352 e. The molecule has 0 fully saturated rings. The Hall–Kier alpha value is -2.06. The quantitative estimate of drug-likeness (QED) is 0.319. The summed E-state index contributed by atoms with van der Waals surface area (Å²) in [6.07, 6.45) is 2.54. The monoisotopic (exact) mass is 380 g/mol. The summed E-state index contributed by atoms with van der Waals surface area (Å²) in [4.78, 5) is 24.5. The van der Waals surface area contributed by atoms with Crippen molar-refractivity contribution in [1.82, 2.24) is 5.32 Å². The summed E-state index contributed by atoms with van der Waals surface area (Å²) < 4.78 is 12.8. The van der Waals surface area contributed by atoms with Crippen molar-refractivity contribution in [3.05, 3.63) is 64.0 Å². The molecule has 0 unspecified atom stereocenters. The van der Waals surface area contributed by atoms with E-state index < -0.39 is 10.8 Å². The molecule has 0 radical (unpaired) electrons. The molecule has 2 rings (SSSR count). The van der Waals surface area contributed by atoms with E-state index in [0.29, 0.717) is 13.0 Å². The number of nitrogens with one attached hydrogen (secondary N) is 1. The van der Waals surface area contributed by atoms with Crippen LogP contribution >= 0.6 is 23.5 Å². The highest BCUT2D eigenvalue weighted by Crippen LogP contribution is 2.24. The fourth-order valence-corrected chi connectivity index (χ4v) is 3.37. The van der Waals surface area contributed by atoms with Crippen molar-refractivity contribution in [1.29, 1.82) is 0 Å². The third kappa shape index (κ3) is 5.75. The van der Waals surface area contributed by atoms with Crippen molar-refractivity contribution in [3.63, 3.8) is 0 Å². The van der Waals surface area contributed by atoms with Gasteiger partial charge in [0.2, 0.25) is 0 Å². The van der Waals surface area contributed by atoms with Crippen molar-refractivity contribution in [2.45, 2.75) is 16.2 Å². The van der Waals surface area contributed by atoms with Crippen LogP contribution in [0.2, 0.25) is 0 Å². The summed E-state index contributed by atoms with van der Waals surface area (Å²) in [5.74, 6) is 0.0267. The molecule has 8 heteroatoms. The molecule has 0 saturated carbocycles. The van der Waals surface area contributed by atoms with Gasteiger partial charge in [-0.25, -0.2) is 4.39 Å². The number of thioether (sulfide) groups is 2. The number of hydrogen-bond acceptors (Lipinski definition) is 5. The lowest BCUT2D eigenvalue weighted by molar-refractivity contribution is -0.385. The maximum Gasteiger partial charge on any atom is 0.282 e. The van der Waals surface area contributed by atoms with Crippen LogP contribution in [-0.2, 0) is 0 Å². The average molecular weight is 380 g/mol. The summed E-state index contributed by atoms with van der Waals surface area (Å²) in [6, 6.07) is 10.7.